The van der Waals surface area contributed by atoms with Gasteiger partial charge in [0.2, 0.25) is 0 Å². The molecule has 2 heterocycles. The van der Waals surface area contributed by atoms with E-state index in [1.54, 1.807) is 37.4 Å². The number of amides is 2. The zero-order chi connectivity index (χ0) is 22.2. The fourth-order valence-electron chi connectivity index (χ4n) is 4.21. The number of ether oxygens (including phenoxy) is 1. The fraction of sp³-hybridized carbons (Fsp3) is 0.115. The molecule has 5 rings (SSSR count). The van der Waals surface area contributed by atoms with Crippen molar-refractivity contribution < 1.29 is 18.7 Å². The van der Waals surface area contributed by atoms with Crippen molar-refractivity contribution in [2.45, 2.75) is 6.42 Å². The molecule has 1 aliphatic rings. The summed E-state index contributed by atoms with van der Waals surface area (Å²) in [7, 11) is 1.54. The number of hydrogen-bond acceptors (Lipinski definition) is 4. The first-order valence-electron chi connectivity index (χ1n) is 10.2. The predicted molar refractivity (Wildman–Crippen MR) is 119 cm³/mol. The van der Waals surface area contributed by atoms with Crippen LogP contribution < -0.4 is 4.74 Å². The normalized spacial score (nSPS) is 13.0. The van der Waals surface area contributed by atoms with Gasteiger partial charge in [-0.1, -0.05) is 42.5 Å². The van der Waals surface area contributed by atoms with Gasteiger partial charge in [-0.3, -0.25) is 19.5 Å². The molecule has 32 heavy (non-hydrogen) atoms. The summed E-state index contributed by atoms with van der Waals surface area (Å²) in [5.41, 5.74) is 3.67. The van der Waals surface area contributed by atoms with Crippen molar-refractivity contribution in [1.29, 1.82) is 0 Å². The van der Waals surface area contributed by atoms with Crippen molar-refractivity contribution >= 4 is 22.7 Å². The van der Waals surface area contributed by atoms with Gasteiger partial charge in [-0.2, -0.15) is 0 Å². The average Bonchev–Trinajstić information content (AvgIpc) is 3.07. The lowest BCUT2D eigenvalue weighted by atomic mass is 9.98. The minimum atomic E-state index is -0.379. The lowest BCUT2D eigenvalue weighted by Gasteiger charge is -2.19. The first kappa shape index (κ1) is 19.9. The largest absolute Gasteiger partial charge is 0.495 e. The van der Waals surface area contributed by atoms with E-state index in [4.69, 9.17) is 9.72 Å². The van der Waals surface area contributed by atoms with Crippen molar-refractivity contribution in [3.63, 3.8) is 0 Å². The van der Waals surface area contributed by atoms with Gasteiger partial charge in [0.05, 0.1) is 29.4 Å². The molecule has 4 aromatic rings. The van der Waals surface area contributed by atoms with E-state index in [2.05, 4.69) is 0 Å². The van der Waals surface area contributed by atoms with E-state index in [1.807, 2.05) is 30.3 Å². The van der Waals surface area contributed by atoms with Crippen molar-refractivity contribution in [2.24, 2.45) is 0 Å². The number of pyridine rings is 1. The van der Waals surface area contributed by atoms with Crippen LogP contribution in [-0.4, -0.2) is 35.4 Å². The van der Waals surface area contributed by atoms with Crippen LogP contribution in [0.3, 0.4) is 0 Å². The molecule has 0 aliphatic carbocycles. The van der Waals surface area contributed by atoms with Crippen LogP contribution in [-0.2, 0) is 6.42 Å². The number of rotatable bonds is 5. The lowest BCUT2D eigenvalue weighted by molar-refractivity contribution is 0.0656. The average molecular weight is 426 g/mol. The molecule has 6 heteroatoms. The number of methoxy groups -OCH3 is 1. The molecule has 158 valence electrons. The maximum Gasteiger partial charge on any atom is 0.261 e. The van der Waals surface area contributed by atoms with Crippen LogP contribution in [0.15, 0.2) is 72.8 Å². The van der Waals surface area contributed by atoms with Crippen molar-refractivity contribution in [3.8, 4) is 16.9 Å². The number of carbonyl (C=O) groups excluding carboxylic acids is 2. The molecule has 0 bridgehead atoms. The Balaban J connectivity index is 1.59. The summed E-state index contributed by atoms with van der Waals surface area (Å²) in [6.07, 6.45) is 0.333. The number of carbonyl (C=O) groups is 2. The Morgan fingerprint density at radius 2 is 1.56 bits per heavy atom. The van der Waals surface area contributed by atoms with E-state index in [-0.39, 0.29) is 24.2 Å². The molecular formula is C26H19FN2O3. The zero-order valence-corrected chi connectivity index (χ0v) is 17.3. The van der Waals surface area contributed by atoms with E-state index in [9.17, 15) is 14.0 Å². The number of hydrogen-bond donors (Lipinski definition) is 0. The summed E-state index contributed by atoms with van der Waals surface area (Å²) in [5, 5.41) is 0.566. The third kappa shape index (κ3) is 3.21. The van der Waals surface area contributed by atoms with Gasteiger partial charge in [0.15, 0.2) is 0 Å². The molecule has 0 radical (unpaired) electrons. The van der Waals surface area contributed by atoms with Gasteiger partial charge in [-0.25, -0.2) is 4.39 Å². The molecule has 0 atom stereocenters. The second kappa shape index (κ2) is 7.89. The number of imide groups is 1. The lowest BCUT2D eigenvalue weighted by Crippen LogP contribution is -2.32. The maximum atomic E-state index is 14.0. The van der Waals surface area contributed by atoms with Crippen LogP contribution in [0, 0.1) is 5.82 Å². The third-order valence-electron chi connectivity index (χ3n) is 5.69. The van der Waals surface area contributed by atoms with Gasteiger partial charge in [0.1, 0.15) is 11.6 Å². The van der Waals surface area contributed by atoms with Gasteiger partial charge >= 0.3 is 0 Å². The van der Waals surface area contributed by atoms with Gasteiger partial charge in [-0.05, 0) is 35.9 Å². The smallest absolute Gasteiger partial charge is 0.261 e. The highest BCUT2D eigenvalue weighted by Crippen LogP contribution is 2.39. The van der Waals surface area contributed by atoms with Gasteiger partial charge in [0.25, 0.3) is 11.8 Å². The molecule has 5 nitrogen and oxygen atoms in total. The Labute approximate surface area is 184 Å². The first-order valence-corrected chi connectivity index (χ1v) is 10.2. The van der Waals surface area contributed by atoms with E-state index in [1.165, 1.54) is 17.0 Å². The summed E-state index contributed by atoms with van der Waals surface area (Å²) >= 11 is 0. The van der Waals surface area contributed by atoms with Crippen molar-refractivity contribution in [1.82, 2.24) is 9.88 Å². The van der Waals surface area contributed by atoms with Crippen LogP contribution in [0.1, 0.15) is 26.4 Å². The molecule has 0 fully saturated rings. The molecule has 0 saturated heterocycles. The summed E-state index contributed by atoms with van der Waals surface area (Å²) in [6.45, 7) is 0.176. The Bertz CT molecular complexity index is 1330. The summed E-state index contributed by atoms with van der Waals surface area (Å²) < 4.78 is 19.7. The highest BCUT2D eigenvalue weighted by Gasteiger charge is 2.35. The van der Waals surface area contributed by atoms with Gasteiger partial charge in [0, 0.05) is 23.9 Å². The number of fused-ring (bicyclic) bond motifs is 2. The second-order valence-electron chi connectivity index (χ2n) is 7.55. The molecule has 1 aromatic heterocycles. The van der Waals surface area contributed by atoms with Crippen LogP contribution in [0.25, 0.3) is 22.0 Å². The Morgan fingerprint density at radius 1 is 0.906 bits per heavy atom. The van der Waals surface area contributed by atoms with Crippen LogP contribution >= 0.6 is 0 Å². The topological polar surface area (TPSA) is 59.5 Å². The highest BCUT2D eigenvalue weighted by atomic mass is 19.1. The maximum absolute atomic E-state index is 14.0. The second-order valence-corrected chi connectivity index (χ2v) is 7.55. The van der Waals surface area contributed by atoms with E-state index < -0.39 is 0 Å². The Kier molecular flexibility index (Phi) is 4.90. The number of halogens is 1. The molecule has 0 N–H and O–H groups in total. The summed E-state index contributed by atoms with van der Waals surface area (Å²) in [5.74, 6) is -0.475. The van der Waals surface area contributed by atoms with E-state index in [0.717, 1.165) is 11.1 Å². The first-order chi connectivity index (χ1) is 15.6. The summed E-state index contributed by atoms with van der Waals surface area (Å²) in [4.78, 5) is 31.6. The molecule has 0 unspecified atom stereocenters. The molecule has 0 saturated carbocycles. The Hall–Kier alpha value is -4.06. The number of nitrogens with zero attached hydrogens (tertiary/aromatic N) is 2. The number of benzene rings is 3. The third-order valence-corrected chi connectivity index (χ3v) is 5.69. The summed E-state index contributed by atoms with van der Waals surface area (Å²) in [6, 6.07) is 20.7. The zero-order valence-electron chi connectivity index (χ0n) is 17.3. The van der Waals surface area contributed by atoms with Crippen molar-refractivity contribution in [2.75, 3.05) is 13.7 Å². The molecule has 0 spiro atoms. The molecule has 2 amide bonds. The molecule has 1 aliphatic heterocycles. The highest BCUT2D eigenvalue weighted by molar-refractivity contribution is 6.21. The van der Waals surface area contributed by atoms with Gasteiger partial charge in [-0.15, -0.1) is 0 Å². The molecule has 3 aromatic carbocycles. The van der Waals surface area contributed by atoms with Crippen LogP contribution in [0.4, 0.5) is 4.39 Å². The minimum Gasteiger partial charge on any atom is -0.495 e. The SMILES string of the molecule is COc1c(-c2ccccc2)c(CCN2C(=O)c3ccccc3C2=O)nc2ccc(F)cc12. The Morgan fingerprint density at radius 3 is 2.22 bits per heavy atom. The van der Waals surface area contributed by atoms with Crippen LogP contribution in [0.5, 0.6) is 5.75 Å². The fourth-order valence-corrected chi connectivity index (χ4v) is 4.21. The minimum absolute atomic E-state index is 0.176. The van der Waals surface area contributed by atoms with E-state index >= 15 is 0 Å². The van der Waals surface area contributed by atoms with Gasteiger partial charge < -0.3 is 4.74 Å². The predicted octanol–water partition coefficient (Wildman–Crippen LogP) is 4.89. The van der Waals surface area contributed by atoms with E-state index in [0.29, 0.717) is 39.9 Å². The standard InChI is InChI=1S/C26H19FN2O3/c1-32-24-20-15-17(27)11-12-21(20)28-22(23(24)16-7-3-2-4-8-16)13-14-29-25(30)18-9-5-6-10-19(18)26(29)31/h2-12,15H,13-14H2,1H3. The monoisotopic (exact) mass is 426 g/mol. The van der Waals surface area contributed by atoms with Crippen molar-refractivity contribution in [3.05, 3.63) is 95.4 Å². The molecular weight excluding hydrogens is 407 g/mol. The number of aromatic nitrogens is 1. The van der Waals surface area contributed by atoms with Crippen LogP contribution in [0.2, 0.25) is 0 Å². The quantitative estimate of drug-likeness (QED) is 0.427.